The Morgan fingerprint density at radius 1 is 0.522 bits per heavy atom. The van der Waals surface area contributed by atoms with Crippen molar-refractivity contribution in [3.8, 4) is 0 Å². The molecule has 2 heteroatoms. The second kappa shape index (κ2) is 23.7. The van der Waals surface area contributed by atoms with E-state index in [-0.39, 0.29) is 0 Å². The summed E-state index contributed by atoms with van der Waals surface area (Å²) >= 11 is 0. The topological polar surface area (TPSA) is 37.3 Å². The number of rotatable bonds is 16. The Balaban J connectivity index is 0. The normalized spacial score (nSPS) is 10.2. The van der Waals surface area contributed by atoms with Crippen LogP contribution in [0.1, 0.15) is 130 Å². The fraction of sp³-hybridized carbons (Fsp3) is 0.952. The number of hydrogen-bond acceptors (Lipinski definition) is 1. The van der Waals surface area contributed by atoms with Gasteiger partial charge in [-0.3, -0.25) is 4.79 Å². The molecule has 0 heterocycles. The van der Waals surface area contributed by atoms with E-state index < -0.39 is 5.97 Å². The average molecular weight is 329 g/mol. The molecule has 0 unspecified atom stereocenters. The van der Waals surface area contributed by atoms with E-state index in [4.69, 9.17) is 5.11 Å². The van der Waals surface area contributed by atoms with E-state index in [2.05, 4.69) is 20.8 Å². The molecule has 0 spiro atoms. The number of carbonyl (C=O) groups is 1. The Morgan fingerprint density at radius 3 is 1.04 bits per heavy atom. The number of unbranched alkanes of at least 4 members (excludes halogenated alkanes) is 14. The molecule has 0 aliphatic carbocycles. The van der Waals surface area contributed by atoms with Crippen molar-refractivity contribution in [2.45, 2.75) is 130 Å². The van der Waals surface area contributed by atoms with E-state index in [1.54, 1.807) is 0 Å². The van der Waals surface area contributed by atoms with Gasteiger partial charge in [-0.2, -0.15) is 0 Å². The van der Waals surface area contributed by atoms with Crippen molar-refractivity contribution in [2.24, 2.45) is 0 Å². The van der Waals surface area contributed by atoms with E-state index in [0.29, 0.717) is 6.42 Å². The van der Waals surface area contributed by atoms with Crippen molar-refractivity contribution in [3.05, 3.63) is 0 Å². The van der Waals surface area contributed by atoms with Crippen molar-refractivity contribution < 1.29 is 9.90 Å². The second-order valence-electron chi connectivity index (χ2n) is 6.74. The zero-order chi connectivity index (χ0) is 17.6. The Hall–Kier alpha value is -0.530. The highest BCUT2D eigenvalue weighted by Crippen LogP contribution is 2.12. The first-order valence-corrected chi connectivity index (χ1v) is 10.4. The van der Waals surface area contributed by atoms with Crippen molar-refractivity contribution >= 4 is 5.97 Å². The van der Waals surface area contributed by atoms with E-state index in [0.717, 1.165) is 19.3 Å². The van der Waals surface area contributed by atoms with Crippen LogP contribution in [-0.4, -0.2) is 11.1 Å². The first kappa shape index (κ1) is 24.7. The molecular weight excluding hydrogens is 284 g/mol. The zero-order valence-electron chi connectivity index (χ0n) is 16.4. The van der Waals surface area contributed by atoms with E-state index in [9.17, 15) is 4.79 Å². The van der Waals surface area contributed by atoms with Gasteiger partial charge in [-0.15, -0.1) is 0 Å². The highest BCUT2D eigenvalue weighted by Gasteiger charge is 1.93. The van der Waals surface area contributed by atoms with Crippen LogP contribution in [0.2, 0.25) is 0 Å². The van der Waals surface area contributed by atoms with Crippen molar-refractivity contribution in [3.63, 3.8) is 0 Å². The van der Waals surface area contributed by atoms with Crippen LogP contribution < -0.4 is 0 Å². The predicted molar refractivity (Wildman–Crippen MR) is 103 cm³/mol. The molecule has 0 aliphatic heterocycles. The summed E-state index contributed by atoms with van der Waals surface area (Å²) in [6.45, 7) is 6.63. The molecule has 0 saturated heterocycles. The highest BCUT2D eigenvalue weighted by atomic mass is 16.4. The minimum absolute atomic E-state index is 0.327. The van der Waals surface area contributed by atoms with Crippen LogP contribution in [0.4, 0.5) is 0 Å². The van der Waals surface area contributed by atoms with Gasteiger partial charge in [0.25, 0.3) is 0 Å². The maximum atomic E-state index is 9.87. The second-order valence-corrected chi connectivity index (χ2v) is 6.74. The van der Waals surface area contributed by atoms with Crippen LogP contribution in [0.15, 0.2) is 0 Å². The summed E-state index contributed by atoms with van der Waals surface area (Å²) in [4.78, 5) is 9.87. The van der Waals surface area contributed by atoms with Crippen LogP contribution >= 0.6 is 0 Å². The molecule has 0 amide bonds. The van der Waals surface area contributed by atoms with Gasteiger partial charge >= 0.3 is 5.97 Å². The van der Waals surface area contributed by atoms with Crippen LogP contribution in [0.25, 0.3) is 0 Å². The maximum Gasteiger partial charge on any atom is 0.303 e. The lowest BCUT2D eigenvalue weighted by Crippen LogP contribution is -1.92. The molecule has 0 aromatic heterocycles. The lowest BCUT2D eigenvalue weighted by atomic mass is 10.1. The summed E-state index contributed by atoms with van der Waals surface area (Å²) in [7, 11) is 0. The Kier molecular flexibility index (Phi) is 25.5. The summed E-state index contributed by atoms with van der Waals surface area (Å²) < 4.78 is 0. The number of hydrogen-bond donors (Lipinski definition) is 1. The third kappa shape index (κ3) is 30.0. The van der Waals surface area contributed by atoms with Gasteiger partial charge in [-0.05, 0) is 6.42 Å². The molecule has 0 fully saturated rings. The molecule has 140 valence electrons. The molecule has 23 heavy (non-hydrogen) atoms. The van der Waals surface area contributed by atoms with Gasteiger partial charge in [0.2, 0.25) is 0 Å². The molecular formula is C21H44O2. The van der Waals surface area contributed by atoms with Gasteiger partial charge in [-0.25, -0.2) is 0 Å². The molecule has 0 radical (unpaired) electrons. The van der Waals surface area contributed by atoms with Crippen LogP contribution in [0.3, 0.4) is 0 Å². The minimum atomic E-state index is -0.682. The highest BCUT2D eigenvalue weighted by molar-refractivity contribution is 5.66. The Labute approximate surface area is 146 Å². The molecule has 0 atom stereocenters. The lowest BCUT2D eigenvalue weighted by Gasteiger charge is -2.01. The van der Waals surface area contributed by atoms with Gasteiger partial charge in [-0.1, -0.05) is 117 Å². The van der Waals surface area contributed by atoms with Crippen LogP contribution in [0.5, 0.6) is 0 Å². The molecule has 0 aliphatic rings. The van der Waals surface area contributed by atoms with Crippen molar-refractivity contribution in [2.75, 3.05) is 0 Å². The smallest absolute Gasteiger partial charge is 0.303 e. The predicted octanol–water partition coefficient (Wildman–Crippen LogP) is 7.75. The van der Waals surface area contributed by atoms with Crippen LogP contribution in [0, 0.1) is 0 Å². The largest absolute Gasteiger partial charge is 0.481 e. The number of carboxylic acids is 1. The van der Waals surface area contributed by atoms with Gasteiger partial charge in [0.05, 0.1) is 0 Å². The maximum absolute atomic E-state index is 9.87. The van der Waals surface area contributed by atoms with Crippen LogP contribution in [-0.2, 0) is 4.79 Å². The molecule has 0 aromatic carbocycles. The van der Waals surface area contributed by atoms with Gasteiger partial charge in [0.1, 0.15) is 0 Å². The summed E-state index contributed by atoms with van der Waals surface area (Å²) in [5.74, 6) is -0.682. The molecule has 0 aromatic rings. The van der Waals surface area contributed by atoms with Crippen molar-refractivity contribution in [1.29, 1.82) is 0 Å². The average Bonchev–Trinajstić information content (AvgIpc) is 2.53. The third-order valence-electron chi connectivity index (χ3n) is 4.20. The quantitative estimate of drug-likeness (QED) is 0.294. The number of aliphatic carboxylic acids is 1. The van der Waals surface area contributed by atoms with Gasteiger partial charge < -0.3 is 5.11 Å². The Bertz CT molecular complexity index is 202. The van der Waals surface area contributed by atoms with Gasteiger partial charge in [0, 0.05) is 6.42 Å². The first-order chi connectivity index (χ1) is 11.2. The van der Waals surface area contributed by atoms with Gasteiger partial charge in [0.15, 0.2) is 0 Å². The molecule has 1 N–H and O–H groups in total. The van der Waals surface area contributed by atoms with E-state index in [1.165, 1.54) is 83.5 Å². The summed E-state index contributed by atoms with van der Waals surface area (Å²) in [6.07, 6.45) is 22.2. The standard InChI is InChI=1S/C15H32.C6H12O2/c1-3-5-7-9-11-13-15-14-12-10-8-6-4-2;1-2-3-4-5-6(7)8/h3-15H2,1-2H3;2-5H2,1H3,(H,7,8). The summed E-state index contributed by atoms with van der Waals surface area (Å²) in [5, 5.41) is 8.14. The fourth-order valence-electron chi connectivity index (χ4n) is 2.62. The first-order valence-electron chi connectivity index (χ1n) is 10.4. The SMILES string of the molecule is CCCCCC(=O)O.CCCCCCCCCCCCCCC. The third-order valence-corrected chi connectivity index (χ3v) is 4.20. The van der Waals surface area contributed by atoms with E-state index >= 15 is 0 Å². The zero-order valence-corrected chi connectivity index (χ0v) is 16.4. The molecule has 0 rings (SSSR count). The van der Waals surface area contributed by atoms with E-state index in [1.807, 2.05) is 0 Å². The molecule has 2 nitrogen and oxygen atoms in total. The molecule has 0 saturated carbocycles. The Morgan fingerprint density at radius 2 is 0.783 bits per heavy atom. The monoisotopic (exact) mass is 328 g/mol. The summed E-state index contributed by atoms with van der Waals surface area (Å²) in [5.41, 5.74) is 0. The van der Waals surface area contributed by atoms with Crippen molar-refractivity contribution in [1.82, 2.24) is 0 Å². The molecule has 0 bridgehead atoms. The number of carboxylic acid groups (broad SMARTS) is 1. The fourth-order valence-corrected chi connectivity index (χ4v) is 2.62. The lowest BCUT2D eigenvalue weighted by molar-refractivity contribution is -0.137. The minimum Gasteiger partial charge on any atom is -0.481 e. The summed E-state index contributed by atoms with van der Waals surface area (Å²) in [6, 6.07) is 0.